The summed E-state index contributed by atoms with van der Waals surface area (Å²) in [6.45, 7) is 0.527. The molecule has 14 heavy (non-hydrogen) atoms. The molecule has 0 saturated heterocycles. The van der Waals surface area contributed by atoms with Crippen LogP contribution in [0.4, 0.5) is 5.69 Å². The molecular weight excluding hydrogens is 182 g/mol. The molecule has 1 atom stereocenters. The largest absolute Gasteiger partial charge is 0.478 e. The number of anilines is 1. The van der Waals surface area contributed by atoms with Gasteiger partial charge in [0.05, 0.1) is 11.7 Å². The zero-order valence-corrected chi connectivity index (χ0v) is 7.53. The second-order valence-corrected chi connectivity index (χ2v) is 3.42. The number of hydrogen-bond acceptors (Lipinski definition) is 3. The fourth-order valence-electron chi connectivity index (χ4n) is 1.62. The SMILES string of the molecule is O=C(O)c1ccc2c(c1)CC(O)CN2. The molecule has 0 saturated carbocycles. The molecule has 1 aliphatic heterocycles. The van der Waals surface area contributed by atoms with Gasteiger partial charge in [0.1, 0.15) is 0 Å². The molecule has 1 aromatic carbocycles. The Hall–Kier alpha value is -1.55. The summed E-state index contributed by atoms with van der Waals surface area (Å²) in [4.78, 5) is 10.7. The molecule has 4 heteroatoms. The highest BCUT2D eigenvalue weighted by atomic mass is 16.4. The number of benzene rings is 1. The number of rotatable bonds is 1. The minimum absolute atomic E-state index is 0.264. The molecule has 1 aliphatic rings. The Balaban J connectivity index is 2.37. The van der Waals surface area contributed by atoms with Crippen molar-refractivity contribution in [3.8, 4) is 0 Å². The van der Waals surface area contributed by atoms with E-state index in [1.54, 1.807) is 18.2 Å². The van der Waals surface area contributed by atoms with Gasteiger partial charge in [-0.2, -0.15) is 0 Å². The Morgan fingerprint density at radius 3 is 3.00 bits per heavy atom. The van der Waals surface area contributed by atoms with Crippen molar-refractivity contribution in [3.05, 3.63) is 29.3 Å². The molecule has 2 rings (SSSR count). The van der Waals surface area contributed by atoms with Gasteiger partial charge in [-0.3, -0.25) is 0 Å². The van der Waals surface area contributed by atoms with Crippen molar-refractivity contribution in [3.63, 3.8) is 0 Å². The Morgan fingerprint density at radius 2 is 2.29 bits per heavy atom. The van der Waals surface area contributed by atoms with Crippen LogP contribution in [0.25, 0.3) is 0 Å². The summed E-state index contributed by atoms with van der Waals surface area (Å²) >= 11 is 0. The van der Waals surface area contributed by atoms with E-state index in [0.717, 1.165) is 11.3 Å². The number of carboxylic acid groups (broad SMARTS) is 1. The summed E-state index contributed by atoms with van der Waals surface area (Å²) in [7, 11) is 0. The standard InChI is InChI=1S/C10H11NO3/c12-8-4-7-3-6(10(13)14)1-2-9(7)11-5-8/h1-3,8,11-12H,4-5H2,(H,13,14). The van der Waals surface area contributed by atoms with E-state index in [-0.39, 0.29) is 5.56 Å². The van der Waals surface area contributed by atoms with Crippen LogP contribution in [0, 0.1) is 0 Å². The van der Waals surface area contributed by atoms with Crippen LogP contribution < -0.4 is 5.32 Å². The van der Waals surface area contributed by atoms with Crippen LogP contribution in [0.3, 0.4) is 0 Å². The first-order valence-corrected chi connectivity index (χ1v) is 4.45. The number of hydrogen-bond donors (Lipinski definition) is 3. The van der Waals surface area contributed by atoms with Gasteiger partial charge in [0.15, 0.2) is 0 Å². The zero-order chi connectivity index (χ0) is 10.1. The third kappa shape index (κ3) is 1.56. The molecule has 74 valence electrons. The Morgan fingerprint density at radius 1 is 1.50 bits per heavy atom. The fraction of sp³-hybridized carbons (Fsp3) is 0.300. The summed E-state index contributed by atoms with van der Waals surface area (Å²) in [5.74, 6) is -0.937. The van der Waals surface area contributed by atoms with E-state index in [1.165, 1.54) is 0 Å². The molecule has 1 aromatic rings. The summed E-state index contributed by atoms with van der Waals surface area (Å²) in [6, 6.07) is 4.91. The molecule has 4 nitrogen and oxygen atoms in total. The van der Waals surface area contributed by atoms with Gasteiger partial charge in [0.2, 0.25) is 0 Å². The van der Waals surface area contributed by atoms with E-state index in [1.807, 2.05) is 0 Å². The first-order valence-electron chi connectivity index (χ1n) is 4.45. The second kappa shape index (κ2) is 3.31. The molecule has 0 amide bonds. The highest BCUT2D eigenvalue weighted by molar-refractivity contribution is 5.88. The van der Waals surface area contributed by atoms with Crippen molar-refractivity contribution in [1.82, 2.24) is 0 Å². The zero-order valence-electron chi connectivity index (χ0n) is 7.53. The van der Waals surface area contributed by atoms with E-state index in [2.05, 4.69) is 5.32 Å². The molecule has 0 aliphatic carbocycles. The predicted octanol–water partition coefficient (Wildman–Crippen LogP) is 0.714. The van der Waals surface area contributed by atoms with E-state index < -0.39 is 12.1 Å². The average Bonchev–Trinajstić information content (AvgIpc) is 2.16. The van der Waals surface area contributed by atoms with Gasteiger partial charge in [0, 0.05) is 18.7 Å². The van der Waals surface area contributed by atoms with Gasteiger partial charge >= 0.3 is 5.97 Å². The monoisotopic (exact) mass is 193 g/mol. The van der Waals surface area contributed by atoms with Crippen LogP contribution in [-0.4, -0.2) is 28.8 Å². The van der Waals surface area contributed by atoms with Gasteiger partial charge in [-0.15, -0.1) is 0 Å². The lowest BCUT2D eigenvalue weighted by Gasteiger charge is -2.22. The maximum atomic E-state index is 10.7. The van der Waals surface area contributed by atoms with E-state index in [0.29, 0.717) is 13.0 Å². The minimum atomic E-state index is -0.937. The van der Waals surface area contributed by atoms with Crippen molar-refractivity contribution >= 4 is 11.7 Å². The van der Waals surface area contributed by atoms with Crippen molar-refractivity contribution in [2.24, 2.45) is 0 Å². The number of carbonyl (C=O) groups is 1. The number of nitrogens with one attached hydrogen (secondary N) is 1. The molecule has 0 radical (unpaired) electrons. The summed E-state index contributed by atoms with van der Waals surface area (Å²) < 4.78 is 0. The molecule has 0 fully saturated rings. The summed E-state index contributed by atoms with van der Waals surface area (Å²) in [5, 5.41) is 21.2. The van der Waals surface area contributed by atoms with Crippen LogP contribution in [0.1, 0.15) is 15.9 Å². The van der Waals surface area contributed by atoms with Gasteiger partial charge in [-0.1, -0.05) is 0 Å². The van der Waals surface area contributed by atoms with Crippen LogP contribution in [0.5, 0.6) is 0 Å². The molecular formula is C10H11NO3. The molecule has 1 heterocycles. The summed E-state index contributed by atoms with van der Waals surface area (Å²) in [5.41, 5.74) is 2.05. The van der Waals surface area contributed by atoms with Crippen LogP contribution >= 0.6 is 0 Å². The molecule has 0 spiro atoms. The second-order valence-electron chi connectivity index (χ2n) is 3.42. The van der Waals surface area contributed by atoms with E-state index >= 15 is 0 Å². The lowest BCUT2D eigenvalue weighted by molar-refractivity contribution is 0.0696. The van der Waals surface area contributed by atoms with E-state index in [9.17, 15) is 9.90 Å². The number of aromatic carboxylic acids is 1. The summed E-state index contributed by atoms with van der Waals surface area (Å²) in [6.07, 6.45) is 0.0928. The third-order valence-corrected chi connectivity index (χ3v) is 2.34. The predicted molar refractivity (Wildman–Crippen MR) is 51.6 cm³/mol. The number of carboxylic acids is 1. The number of aliphatic hydroxyl groups is 1. The van der Waals surface area contributed by atoms with Gasteiger partial charge in [0.25, 0.3) is 0 Å². The van der Waals surface area contributed by atoms with Crippen LogP contribution in [0.2, 0.25) is 0 Å². The normalized spacial score (nSPS) is 19.6. The molecule has 3 N–H and O–H groups in total. The smallest absolute Gasteiger partial charge is 0.335 e. The minimum Gasteiger partial charge on any atom is -0.478 e. The lowest BCUT2D eigenvalue weighted by Crippen LogP contribution is -2.27. The van der Waals surface area contributed by atoms with Crippen molar-refractivity contribution in [2.75, 3.05) is 11.9 Å². The first-order chi connectivity index (χ1) is 6.66. The third-order valence-electron chi connectivity index (χ3n) is 2.34. The molecule has 0 bridgehead atoms. The Bertz CT molecular complexity index is 376. The maximum absolute atomic E-state index is 10.7. The van der Waals surface area contributed by atoms with E-state index in [4.69, 9.17) is 5.11 Å². The van der Waals surface area contributed by atoms with Gasteiger partial charge in [-0.05, 0) is 23.8 Å². The Kier molecular flexibility index (Phi) is 2.13. The topological polar surface area (TPSA) is 69.6 Å². The average molecular weight is 193 g/mol. The fourth-order valence-corrected chi connectivity index (χ4v) is 1.62. The highest BCUT2D eigenvalue weighted by Gasteiger charge is 2.16. The number of β-amino-alcohol motifs (C(OH)–C–C–N with tert-alkyl or cyclic N) is 1. The van der Waals surface area contributed by atoms with Gasteiger partial charge in [-0.25, -0.2) is 4.79 Å². The van der Waals surface area contributed by atoms with Crippen molar-refractivity contribution in [2.45, 2.75) is 12.5 Å². The number of aliphatic hydroxyl groups excluding tert-OH is 1. The van der Waals surface area contributed by atoms with Crippen LogP contribution in [-0.2, 0) is 6.42 Å². The Labute approximate surface area is 81.2 Å². The van der Waals surface area contributed by atoms with Crippen molar-refractivity contribution < 1.29 is 15.0 Å². The number of fused-ring (bicyclic) bond motifs is 1. The lowest BCUT2D eigenvalue weighted by atomic mass is 9.99. The maximum Gasteiger partial charge on any atom is 0.335 e. The van der Waals surface area contributed by atoms with Crippen LogP contribution in [0.15, 0.2) is 18.2 Å². The van der Waals surface area contributed by atoms with Gasteiger partial charge < -0.3 is 15.5 Å². The highest BCUT2D eigenvalue weighted by Crippen LogP contribution is 2.23. The van der Waals surface area contributed by atoms with Crippen molar-refractivity contribution in [1.29, 1.82) is 0 Å². The molecule has 0 aromatic heterocycles. The molecule has 1 unspecified atom stereocenters. The first kappa shape index (κ1) is 9.02. The quantitative estimate of drug-likeness (QED) is 0.614.